The van der Waals surface area contributed by atoms with Crippen molar-refractivity contribution >= 4 is 0 Å². The van der Waals surface area contributed by atoms with E-state index in [1.165, 1.54) is 0 Å². The first-order chi connectivity index (χ1) is 10.7. The fourth-order valence-corrected chi connectivity index (χ4v) is 2.11. The molecule has 0 aliphatic heterocycles. The molecule has 126 valence electrons. The first-order valence-corrected chi connectivity index (χ1v) is 7.96. The summed E-state index contributed by atoms with van der Waals surface area (Å²) in [6, 6.07) is 6.15. The lowest BCUT2D eigenvalue weighted by Gasteiger charge is -2.21. The van der Waals surface area contributed by atoms with Crippen molar-refractivity contribution < 1.29 is 24.3 Å². The van der Waals surface area contributed by atoms with Crippen molar-refractivity contribution in [2.45, 2.75) is 46.1 Å². The maximum Gasteiger partial charge on any atom is 0.306 e. The van der Waals surface area contributed by atoms with Gasteiger partial charge in [0.25, 0.3) is 0 Å². The molecule has 0 aromatic heterocycles. The van der Waals surface area contributed by atoms with Crippen molar-refractivity contribution in [3.8, 4) is 11.5 Å². The van der Waals surface area contributed by atoms with Gasteiger partial charge in [0.05, 0.1) is 27.4 Å². The molecule has 1 atom stereocenters. The molecule has 0 fully saturated rings. The number of benzene rings is 1. The third-order valence-electron chi connectivity index (χ3n) is 3.35. The minimum atomic E-state index is -0.275. The molecule has 1 aromatic rings. The first kappa shape index (κ1) is 18.7. The van der Waals surface area contributed by atoms with Crippen LogP contribution in [0.4, 0.5) is 0 Å². The van der Waals surface area contributed by atoms with E-state index in [0.29, 0.717) is 13.2 Å². The van der Waals surface area contributed by atoms with Gasteiger partial charge in [-0.25, -0.2) is 0 Å². The van der Waals surface area contributed by atoms with E-state index in [2.05, 4.69) is 26.1 Å². The van der Waals surface area contributed by atoms with Crippen molar-refractivity contribution in [1.29, 1.82) is 0 Å². The maximum absolute atomic E-state index is 5.75. The van der Waals surface area contributed by atoms with Gasteiger partial charge in [0.1, 0.15) is 6.04 Å². The van der Waals surface area contributed by atoms with Gasteiger partial charge in [0.2, 0.25) is 0 Å². The zero-order chi connectivity index (χ0) is 16.4. The smallest absolute Gasteiger partial charge is 0.306 e. The van der Waals surface area contributed by atoms with Gasteiger partial charge >= 0.3 is 6.41 Å². The van der Waals surface area contributed by atoms with Crippen LogP contribution in [0.2, 0.25) is 0 Å². The molecule has 0 unspecified atom stereocenters. The number of quaternary nitrogens is 1. The monoisotopic (exact) mass is 312 g/mol. The Morgan fingerprint density at radius 2 is 1.55 bits per heavy atom. The SMILES string of the molecule is CCCOC([NH2+][C@@H](C)c1ccc(OC)c(OC)c1)OCCC. The highest BCUT2D eigenvalue weighted by atomic mass is 16.7. The van der Waals surface area contributed by atoms with Crippen LogP contribution in [-0.2, 0) is 9.47 Å². The highest BCUT2D eigenvalue weighted by molar-refractivity contribution is 5.43. The summed E-state index contributed by atoms with van der Waals surface area (Å²) >= 11 is 0. The molecule has 0 aliphatic carbocycles. The number of ether oxygens (including phenoxy) is 4. The predicted molar refractivity (Wildman–Crippen MR) is 86.2 cm³/mol. The summed E-state index contributed by atoms with van der Waals surface area (Å²) in [6.07, 6.45) is 1.68. The minimum absolute atomic E-state index is 0.193. The van der Waals surface area contributed by atoms with Crippen molar-refractivity contribution in [2.24, 2.45) is 0 Å². The molecular weight excluding hydrogens is 282 g/mol. The molecule has 22 heavy (non-hydrogen) atoms. The zero-order valence-corrected chi connectivity index (χ0v) is 14.4. The molecule has 1 rings (SSSR count). The van der Waals surface area contributed by atoms with E-state index in [1.54, 1.807) is 14.2 Å². The van der Waals surface area contributed by atoms with Crippen molar-refractivity contribution in [3.05, 3.63) is 23.8 Å². The Kier molecular flexibility index (Phi) is 8.89. The lowest BCUT2D eigenvalue weighted by atomic mass is 10.1. The lowest BCUT2D eigenvalue weighted by Crippen LogP contribution is -2.91. The average Bonchev–Trinajstić information content (AvgIpc) is 2.56. The second-order valence-electron chi connectivity index (χ2n) is 5.21. The van der Waals surface area contributed by atoms with E-state index in [9.17, 15) is 0 Å². The van der Waals surface area contributed by atoms with Crippen LogP contribution in [0.25, 0.3) is 0 Å². The van der Waals surface area contributed by atoms with Crippen LogP contribution in [-0.4, -0.2) is 33.8 Å². The molecule has 0 bridgehead atoms. The first-order valence-electron chi connectivity index (χ1n) is 7.96. The summed E-state index contributed by atoms with van der Waals surface area (Å²) in [6.45, 7) is 7.70. The van der Waals surface area contributed by atoms with Gasteiger partial charge in [0, 0.05) is 5.56 Å². The molecule has 0 radical (unpaired) electrons. The number of hydrogen-bond donors (Lipinski definition) is 1. The van der Waals surface area contributed by atoms with E-state index >= 15 is 0 Å². The van der Waals surface area contributed by atoms with E-state index in [-0.39, 0.29) is 12.5 Å². The van der Waals surface area contributed by atoms with Gasteiger partial charge in [-0.1, -0.05) is 13.8 Å². The molecule has 0 saturated heterocycles. The average molecular weight is 312 g/mol. The number of methoxy groups -OCH3 is 2. The molecule has 5 heteroatoms. The van der Waals surface area contributed by atoms with Gasteiger partial charge in [0.15, 0.2) is 11.5 Å². The summed E-state index contributed by atoms with van der Waals surface area (Å²) in [5.41, 5.74) is 1.14. The third kappa shape index (κ3) is 5.83. The summed E-state index contributed by atoms with van der Waals surface area (Å²) in [5.74, 6) is 1.47. The number of rotatable bonds is 11. The Labute approximate surface area is 133 Å². The van der Waals surface area contributed by atoms with Gasteiger partial charge < -0.3 is 18.9 Å². The summed E-state index contributed by atoms with van der Waals surface area (Å²) in [7, 11) is 3.29. The fourth-order valence-electron chi connectivity index (χ4n) is 2.11. The van der Waals surface area contributed by atoms with Crippen LogP contribution in [0.1, 0.15) is 45.2 Å². The van der Waals surface area contributed by atoms with Crippen LogP contribution in [0.15, 0.2) is 18.2 Å². The molecule has 0 heterocycles. The van der Waals surface area contributed by atoms with Gasteiger partial charge in [-0.3, -0.25) is 5.32 Å². The highest BCUT2D eigenvalue weighted by Gasteiger charge is 2.19. The molecule has 0 spiro atoms. The summed E-state index contributed by atoms with van der Waals surface area (Å²) < 4.78 is 22.1. The van der Waals surface area contributed by atoms with E-state index in [0.717, 1.165) is 29.9 Å². The fraction of sp³-hybridized carbons (Fsp3) is 0.647. The molecule has 0 amide bonds. The molecule has 2 N–H and O–H groups in total. The Morgan fingerprint density at radius 1 is 0.955 bits per heavy atom. The molecule has 1 aromatic carbocycles. The quantitative estimate of drug-likeness (QED) is 0.638. The standard InChI is InChI=1S/C17H29NO4/c1-6-10-21-17(22-11-7-2)18-13(3)14-8-9-15(19-4)16(12-14)20-5/h8-9,12-13,17-18H,6-7,10-11H2,1-5H3/p+1/t13-/m0/s1. The minimum Gasteiger partial charge on any atom is -0.493 e. The molecule has 0 aliphatic rings. The van der Waals surface area contributed by atoms with Crippen LogP contribution >= 0.6 is 0 Å². The zero-order valence-electron chi connectivity index (χ0n) is 14.4. The number of hydrogen-bond acceptors (Lipinski definition) is 4. The van der Waals surface area contributed by atoms with Gasteiger partial charge in [-0.15, -0.1) is 0 Å². The largest absolute Gasteiger partial charge is 0.493 e. The van der Waals surface area contributed by atoms with Crippen molar-refractivity contribution in [3.63, 3.8) is 0 Å². The van der Waals surface area contributed by atoms with Crippen LogP contribution < -0.4 is 14.8 Å². The Hall–Kier alpha value is -1.30. The normalized spacial score (nSPS) is 12.5. The maximum atomic E-state index is 5.75. The molecule has 5 nitrogen and oxygen atoms in total. The third-order valence-corrected chi connectivity index (χ3v) is 3.35. The Balaban J connectivity index is 2.73. The van der Waals surface area contributed by atoms with E-state index in [1.807, 2.05) is 18.2 Å². The number of nitrogens with two attached hydrogens (primary N) is 1. The van der Waals surface area contributed by atoms with Crippen LogP contribution in [0, 0.1) is 0 Å². The second kappa shape index (κ2) is 10.4. The van der Waals surface area contributed by atoms with E-state index in [4.69, 9.17) is 18.9 Å². The Bertz CT molecular complexity index is 417. The topological polar surface area (TPSA) is 53.5 Å². The molecule has 0 saturated carbocycles. The highest BCUT2D eigenvalue weighted by Crippen LogP contribution is 2.29. The van der Waals surface area contributed by atoms with Crippen LogP contribution in [0.5, 0.6) is 11.5 Å². The summed E-state index contributed by atoms with van der Waals surface area (Å²) in [4.78, 5) is 0. The van der Waals surface area contributed by atoms with Crippen LogP contribution in [0.3, 0.4) is 0 Å². The van der Waals surface area contributed by atoms with Gasteiger partial charge in [-0.2, -0.15) is 0 Å². The molecular formula is C17H30NO4+. The van der Waals surface area contributed by atoms with Crippen molar-refractivity contribution in [1.82, 2.24) is 0 Å². The Morgan fingerprint density at radius 3 is 2.05 bits per heavy atom. The van der Waals surface area contributed by atoms with E-state index < -0.39 is 0 Å². The summed E-state index contributed by atoms with van der Waals surface area (Å²) in [5, 5.41) is 2.09. The van der Waals surface area contributed by atoms with Crippen molar-refractivity contribution in [2.75, 3.05) is 27.4 Å². The second-order valence-corrected chi connectivity index (χ2v) is 5.21. The lowest BCUT2D eigenvalue weighted by molar-refractivity contribution is -0.796. The predicted octanol–water partition coefficient (Wildman–Crippen LogP) is 2.47. The van der Waals surface area contributed by atoms with Gasteiger partial charge in [-0.05, 0) is 38.0 Å².